The summed E-state index contributed by atoms with van der Waals surface area (Å²) in [5.74, 6) is -1.07. The predicted octanol–water partition coefficient (Wildman–Crippen LogP) is -7.77. The monoisotopic (exact) mass is 595 g/mol. The maximum Gasteiger partial charge on any atom is 0.193 e. The minimum atomic E-state index is -2.48. The van der Waals surface area contributed by atoms with Crippen LogP contribution in [0.25, 0.3) is 0 Å². The Morgan fingerprint density at radius 1 is 0.951 bits per heavy atom. The van der Waals surface area contributed by atoms with Crippen LogP contribution in [0.15, 0.2) is 9.98 Å². The zero-order chi connectivity index (χ0) is 31.0. The molecule has 1 aliphatic carbocycles. The molecule has 3 aliphatic rings. The molecule has 0 aromatic carbocycles. The predicted molar refractivity (Wildman–Crippen MR) is 138 cm³/mol. The highest BCUT2D eigenvalue weighted by molar-refractivity contribution is 5.76. The Bertz CT molecular complexity index is 987. The van der Waals surface area contributed by atoms with Crippen LogP contribution in [0.2, 0.25) is 0 Å². The molecular formula is C22H41N7O12. The van der Waals surface area contributed by atoms with E-state index in [1.54, 1.807) is 0 Å². The van der Waals surface area contributed by atoms with Gasteiger partial charge in [-0.2, -0.15) is 0 Å². The fourth-order valence-electron chi connectivity index (χ4n) is 5.43. The second-order valence-electron chi connectivity index (χ2n) is 10.5. The normalized spacial score (nSPS) is 48.4. The Labute approximate surface area is 234 Å². The molecule has 1 saturated carbocycles. The van der Waals surface area contributed by atoms with E-state index in [2.05, 4.69) is 15.3 Å². The van der Waals surface area contributed by atoms with E-state index in [9.17, 15) is 40.5 Å². The van der Waals surface area contributed by atoms with Crippen molar-refractivity contribution in [2.75, 3.05) is 13.7 Å². The number of guanidine groups is 2. The van der Waals surface area contributed by atoms with Crippen LogP contribution in [0, 0.1) is 0 Å². The van der Waals surface area contributed by atoms with Crippen molar-refractivity contribution in [1.29, 1.82) is 0 Å². The molecule has 236 valence electrons. The van der Waals surface area contributed by atoms with E-state index in [4.69, 9.17) is 41.9 Å². The molecule has 2 saturated heterocycles. The van der Waals surface area contributed by atoms with Gasteiger partial charge in [0, 0.05) is 0 Å². The van der Waals surface area contributed by atoms with Gasteiger partial charge in [0.1, 0.15) is 54.8 Å². The topological polar surface area (TPSA) is 336 Å². The van der Waals surface area contributed by atoms with E-state index >= 15 is 0 Å². The first-order valence-corrected chi connectivity index (χ1v) is 12.8. The minimum absolute atomic E-state index is 0.132. The zero-order valence-corrected chi connectivity index (χ0v) is 22.7. The number of aliphatic hydroxyl groups excluding tert-OH is 6. The lowest BCUT2D eigenvalue weighted by atomic mass is 9.79. The average molecular weight is 596 g/mol. The van der Waals surface area contributed by atoms with Crippen molar-refractivity contribution in [3.05, 3.63) is 0 Å². The minimum Gasteiger partial charge on any atom is -0.394 e. The maximum absolute atomic E-state index is 12.3. The molecule has 7 unspecified atom stereocenters. The summed E-state index contributed by atoms with van der Waals surface area (Å²) in [4.78, 5) is 20.0. The zero-order valence-electron chi connectivity index (χ0n) is 22.7. The van der Waals surface area contributed by atoms with Crippen LogP contribution in [-0.2, 0) is 23.7 Å². The molecule has 16 N–H and O–H groups in total. The van der Waals surface area contributed by atoms with Crippen molar-refractivity contribution in [3.63, 3.8) is 0 Å². The number of nitrogens with zero attached hydrogens (tertiary/aromatic N) is 2. The summed E-state index contributed by atoms with van der Waals surface area (Å²) in [6.45, 7) is 1.83. The molecule has 0 amide bonds. The number of nitrogens with one attached hydrogen (secondary N) is 1. The number of aliphatic imine (C=N–C) groups is 2. The van der Waals surface area contributed by atoms with Crippen LogP contribution in [0.4, 0.5) is 0 Å². The molecule has 2 heterocycles. The van der Waals surface area contributed by atoms with Crippen LogP contribution in [0.1, 0.15) is 13.8 Å². The highest BCUT2D eigenvalue weighted by Crippen LogP contribution is 2.45. The number of ether oxygens (including phenoxy) is 4. The molecule has 0 spiro atoms. The van der Waals surface area contributed by atoms with E-state index < -0.39 is 109 Å². The van der Waals surface area contributed by atoms with Gasteiger partial charge in [-0.05, 0) is 20.9 Å². The molecule has 3 rings (SSSR count). The summed E-state index contributed by atoms with van der Waals surface area (Å²) in [7, 11) is 1.43. The second kappa shape index (κ2) is 12.5. The smallest absolute Gasteiger partial charge is 0.193 e. The van der Waals surface area contributed by atoms with Crippen molar-refractivity contribution in [1.82, 2.24) is 5.32 Å². The number of carbonyl (C=O) groups is 1. The third-order valence-electron chi connectivity index (χ3n) is 7.89. The maximum atomic E-state index is 12.3. The van der Waals surface area contributed by atoms with Gasteiger partial charge in [-0.3, -0.25) is 4.79 Å². The molecule has 15 atom stereocenters. The average Bonchev–Trinajstić information content (AvgIpc) is 3.09. The summed E-state index contributed by atoms with van der Waals surface area (Å²) >= 11 is 0. The summed E-state index contributed by atoms with van der Waals surface area (Å²) in [5.41, 5.74) is 17.2. The highest BCUT2D eigenvalue weighted by atomic mass is 16.8. The molecule has 2 aliphatic heterocycles. The lowest BCUT2D eigenvalue weighted by Crippen LogP contribution is -2.70. The molecule has 19 nitrogen and oxygen atoms in total. The lowest BCUT2D eigenvalue weighted by Gasteiger charge is -2.49. The number of rotatable bonds is 9. The summed E-state index contributed by atoms with van der Waals surface area (Å²) < 4.78 is 23.4. The molecule has 0 bridgehead atoms. The van der Waals surface area contributed by atoms with Crippen molar-refractivity contribution < 1.29 is 59.5 Å². The first-order valence-electron chi connectivity index (χ1n) is 12.8. The molecule has 19 heteroatoms. The molecule has 3 fully saturated rings. The van der Waals surface area contributed by atoms with Crippen LogP contribution in [0.3, 0.4) is 0 Å². The van der Waals surface area contributed by atoms with E-state index in [1.807, 2.05) is 0 Å². The second-order valence-corrected chi connectivity index (χ2v) is 10.5. The van der Waals surface area contributed by atoms with Crippen molar-refractivity contribution in [2.24, 2.45) is 32.9 Å². The third kappa shape index (κ3) is 5.85. The summed E-state index contributed by atoms with van der Waals surface area (Å²) in [6.07, 6.45) is -15.8. The van der Waals surface area contributed by atoms with Crippen LogP contribution in [-0.4, -0.2) is 158 Å². The molecule has 0 radical (unpaired) electrons. The molecular weight excluding hydrogens is 554 g/mol. The van der Waals surface area contributed by atoms with Crippen LogP contribution < -0.4 is 28.3 Å². The van der Waals surface area contributed by atoms with Crippen LogP contribution in [0.5, 0.6) is 0 Å². The number of carbonyl (C=O) groups excluding carboxylic acids is 1. The van der Waals surface area contributed by atoms with Crippen LogP contribution >= 0.6 is 0 Å². The van der Waals surface area contributed by atoms with Gasteiger partial charge in [-0.25, -0.2) is 9.98 Å². The number of nitrogens with two attached hydrogens (primary N) is 4. The Morgan fingerprint density at radius 2 is 1.54 bits per heavy atom. The fraction of sp³-hybridized carbons (Fsp3) is 0.864. The van der Waals surface area contributed by atoms with Crippen molar-refractivity contribution in [2.45, 2.75) is 105 Å². The van der Waals surface area contributed by atoms with E-state index in [-0.39, 0.29) is 6.29 Å². The Kier molecular flexibility index (Phi) is 10.2. The Balaban J connectivity index is 2.04. The number of hydrogen-bond donors (Lipinski definition) is 12. The first-order chi connectivity index (χ1) is 19.1. The first kappa shape index (κ1) is 33.2. The largest absolute Gasteiger partial charge is 0.394 e. The number of likely N-dealkylation sites (N-methyl/N-ethyl adjacent to an activating group) is 1. The van der Waals surface area contributed by atoms with Gasteiger partial charge in [0.25, 0.3) is 0 Å². The van der Waals surface area contributed by atoms with E-state index in [0.29, 0.717) is 0 Å². The van der Waals surface area contributed by atoms with Gasteiger partial charge in [-0.1, -0.05) is 0 Å². The Morgan fingerprint density at radius 3 is 2.05 bits per heavy atom. The standard InChI is InChI=1S/C22H41N7O12/c1-6-22(37,5-31)21(2,18(38-6)40-17-10(27-3)14(35)11(32)7(4-30)39-17)41-16-9(29-20(25)26)12(33)8(28-19(23)24)13(34)15(16)36/h5-18,27,30,32-37H,4H2,1-3H3,(H4,23,24,28)(H4,25,26,29)/t6?,7-,8+,9?,10?,11+,12?,13?,14?,15+,16-,17+,18-,21?,22-/m0/s1. The van der Waals surface area contributed by atoms with E-state index in [0.717, 1.165) is 0 Å². The van der Waals surface area contributed by atoms with Crippen molar-refractivity contribution >= 4 is 18.2 Å². The number of aliphatic hydroxyl groups is 7. The van der Waals surface area contributed by atoms with Gasteiger partial charge in [0.2, 0.25) is 0 Å². The molecule has 41 heavy (non-hydrogen) atoms. The van der Waals surface area contributed by atoms with E-state index in [1.165, 1.54) is 20.9 Å². The third-order valence-corrected chi connectivity index (χ3v) is 7.89. The van der Waals surface area contributed by atoms with Crippen molar-refractivity contribution in [3.8, 4) is 0 Å². The van der Waals surface area contributed by atoms with Gasteiger partial charge >= 0.3 is 0 Å². The fourth-order valence-corrected chi connectivity index (χ4v) is 5.43. The summed E-state index contributed by atoms with van der Waals surface area (Å²) in [5, 5.41) is 77.4. The number of hydrogen-bond acceptors (Lipinski definition) is 15. The lowest BCUT2D eigenvalue weighted by molar-refractivity contribution is -0.342. The quantitative estimate of drug-likeness (QED) is 0.0668. The van der Waals surface area contributed by atoms with Gasteiger partial charge in [0.05, 0.1) is 18.8 Å². The summed E-state index contributed by atoms with van der Waals surface area (Å²) in [6, 6.07) is -4.15. The Hall–Kier alpha value is -2.27. The van der Waals surface area contributed by atoms with Gasteiger partial charge in [0.15, 0.2) is 42.0 Å². The SMILES string of the molecule is CNC1C(O)[C@H](O)[C@H](CO)O[C@@H]1O[C@@H]1OC(C)[C@@](O)(C=O)C1(C)O[C@H]1C(N=C(N)N)C(O)[C@@H](N=C(N)N)C(O)[C@H]1O. The van der Waals surface area contributed by atoms with Gasteiger partial charge < -0.3 is 82.9 Å². The molecule has 0 aromatic rings. The number of aldehydes is 1. The molecule has 0 aromatic heterocycles. The van der Waals surface area contributed by atoms with Gasteiger partial charge in [-0.15, -0.1) is 0 Å². The highest BCUT2D eigenvalue weighted by Gasteiger charge is 2.68.